The third-order valence-electron chi connectivity index (χ3n) is 5.25. The summed E-state index contributed by atoms with van der Waals surface area (Å²) in [7, 11) is 3.99. The Kier molecular flexibility index (Phi) is 5.22. The van der Waals surface area contributed by atoms with Gasteiger partial charge in [0, 0.05) is 44.6 Å². The number of piperidine rings is 1. The van der Waals surface area contributed by atoms with Crippen molar-refractivity contribution in [2.75, 3.05) is 38.6 Å². The fourth-order valence-corrected chi connectivity index (χ4v) is 3.62. The standard InChI is InChI=1S/C18H25FN4O2/c1-21-8-6-15(7-9-21)22(2)18(25)20-14-11-17(24)23(12-14)16-5-3-4-13(19)10-16/h3-5,10,14-15H,6-9,11-12H2,1-2H3,(H,20,25)/p+1/t14-/m0/s1. The maximum Gasteiger partial charge on any atom is 0.317 e. The molecule has 3 rings (SSSR count). The number of halogens is 1. The van der Waals surface area contributed by atoms with Crippen LogP contribution in [0.25, 0.3) is 0 Å². The van der Waals surface area contributed by atoms with E-state index in [1.165, 1.54) is 21.9 Å². The van der Waals surface area contributed by atoms with Crippen LogP contribution in [0.3, 0.4) is 0 Å². The number of carbonyl (C=O) groups excluding carboxylic acids is 2. The van der Waals surface area contributed by atoms with E-state index in [-0.39, 0.29) is 36.3 Å². The Morgan fingerprint density at radius 2 is 2.08 bits per heavy atom. The van der Waals surface area contributed by atoms with E-state index in [9.17, 15) is 14.0 Å². The van der Waals surface area contributed by atoms with Crippen LogP contribution >= 0.6 is 0 Å². The lowest BCUT2D eigenvalue weighted by Gasteiger charge is -2.33. The first kappa shape index (κ1) is 17.7. The summed E-state index contributed by atoms with van der Waals surface area (Å²) >= 11 is 0. The number of quaternary nitrogens is 1. The van der Waals surface area contributed by atoms with Gasteiger partial charge in [0.2, 0.25) is 5.91 Å². The molecule has 25 heavy (non-hydrogen) atoms. The van der Waals surface area contributed by atoms with Gasteiger partial charge in [0.1, 0.15) is 5.82 Å². The van der Waals surface area contributed by atoms with Crippen molar-refractivity contribution in [2.45, 2.75) is 31.3 Å². The SMILES string of the molecule is CN(C(=O)N[C@H]1CC(=O)N(c2cccc(F)c2)C1)C1CC[NH+](C)CC1. The Morgan fingerprint density at radius 3 is 2.76 bits per heavy atom. The Balaban J connectivity index is 1.56. The van der Waals surface area contributed by atoms with Gasteiger partial charge in [0.15, 0.2) is 0 Å². The quantitative estimate of drug-likeness (QED) is 0.822. The zero-order valence-electron chi connectivity index (χ0n) is 14.8. The van der Waals surface area contributed by atoms with Gasteiger partial charge in [-0.1, -0.05) is 6.07 Å². The molecule has 6 nitrogen and oxygen atoms in total. The summed E-state index contributed by atoms with van der Waals surface area (Å²) in [5.74, 6) is -0.469. The minimum absolute atomic E-state index is 0.0959. The molecule has 2 saturated heterocycles. The molecule has 0 bridgehead atoms. The molecule has 7 heteroatoms. The van der Waals surface area contributed by atoms with Crippen LogP contribution < -0.4 is 15.1 Å². The van der Waals surface area contributed by atoms with Gasteiger partial charge in [-0.15, -0.1) is 0 Å². The topological polar surface area (TPSA) is 57.1 Å². The second-order valence-corrected chi connectivity index (χ2v) is 7.13. The highest BCUT2D eigenvalue weighted by Gasteiger charge is 2.33. The van der Waals surface area contributed by atoms with Crippen molar-refractivity contribution in [2.24, 2.45) is 0 Å². The van der Waals surface area contributed by atoms with Crippen molar-refractivity contribution >= 4 is 17.6 Å². The summed E-state index contributed by atoms with van der Waals surface area (Å²) in [5, 5.41) is 2.96. The molecule has 2 heterocycles. The first-order valence-electron chi connectivity index (χ1n) is 8.84. The highest BCUT2D eigenvalue weighted by atomic mass is 19.1. The first-order chi connectivity index (χ1) is 11.9. The van der Waals surface area contributed by atoms with Crippen LogP contribution in [0, 0.1) is 5.82 Å². The van der Waals surface area contributed by atoms with Crippen LogP contribution in [-0.2, 0) is 4.79 Å². The molecule has 2 aliphatic rings. The van der Waals surface area contributed by atoms with Gasteiger partial charge in [-0.05, 0) is 18.2 Å². The monoisotopic (exact) mass is 349 g/mol. The van der Waals surface area contributed by atoms with Gasteiger partial charge >= 0.3 is 6.03 Å². The molecule has 1 atom stereocenters. The lowest BCUT2D eigenvalue weighted by Crippen LogP contribution is -3.10. The molecule has 2 aliphatic heterocycles. The molecule has 0 aromatic heterocycles. The van der Waals surface area contributed by atoms with Crippen LogP contribution in [0.4, 0.5) is 14.9 Å². The van der Waals surface area contributed by atoms with Crippen LogP contribution in [0.5, 0.6) is 0 Å². The van der Waals surface area contributed by atoms with Gasteiger partial charge in [0.25, 0.3) is 0 Å². The predicted molar refractivity (Wildman–Crippen MR) is 93.1 cm³/mol. The molecular weight excluding hydrogens is 323 g/mol. The first-order valence-corrected chi connectivity index (χ1v) is 8.84. The number of benzene rings is 1. The highest BCUT2D eigenvalue weighted by molar-refractivity contribution is 5.96. The third-order valence-corrected chi connectivity index (χ3v) is 5.25. The van der Waals surface area contributed by atoms with Crippen molar-refractivity contribution in [3.05, 3.63) is 30.1 Å². The number of rotatable bonds is 3. The van der Waals surface area contributed by atoms with E-state index in [4.69, 9.17) is 0 Å². The fourth-order valence-electron chi connectivity index (χ4n) is 3.62. The molecule has 136 valence electrons. The Morgan fingerprint density at radius 1 is 1.36 bits per heavy atom. The number of hydrogen-bond acceptors (Lipinski definition) is 2. The lowest BCUT2D eigenvalue weighted by atomic mass is 10.0. The van der Waals surface area contributed by atoms with Crippen molar-refractivity contribution in [1.29, 1.82) is 0 Å². The fraction of sp³-hybridized carbons (Fsp3) is 0.556. The number of carbonyl (C=O) groups is 2. The summed E-state index contributed by atoms with van der Waals surface area (Å²) in [4.78, 5) is 29.5. The van der Waals surface area contributed by atoms with Crippen LogP contribution in [0.2, 0.25) is 0 Å². The van der Waals surface area contributed by atoms with E-state index >= 15 is 0 Å². The summed E-state index contributed by atoms with van der Waals surface area (Å²) in [5.41, 5.74) is 0.536. The molecule has 1 aromatic carbocycles. The molecule has 3 amide bonds. The van der Waals surface area contributed by atoms with Crippen LogP contribution in [0.1, 0.15) is 19.3 Å². The van der Waals surface area contributed by atoms with Crippen molar-refractivity contribution in [3.63, 3.8) is 0 Å². The maximum atomic E-state index is 13.4. The predicted octanol–water partition coefficient (Wildman–Crippen LogP) is 0.250. The van der Waals surface area contributed by atoms with E-state index in [0.29, 0.717) is 12.2 Å². The summed E-state index contributed by atoms with van der Waals surface area (Å²) in [6.07, 6.45) is 2.23. The Hall–Kier alpha value is -2.15. The number of hydrogen-bond donors (Lipinski definition) is 2. The number of anilines is 1. The zero-order valence-corrected chi connectivity index (χ0v) is 14.8. The smallest absolute Gasteiger partial charge is 0.317 e. The number of nitrogens with one attached hydrogen (secondary N) is 2. The number of amides is 3. The Labute approximate surface area is 147 Å². The van der Waals surface area contributed by atoms with E-state index in [0.717, 1.165) is 25.9 Å². The number of nitrogens with zero attached hydrogens (tertiary/aromatic N) is 2. The van der Waals surface area contributed by atoms with Crippen molar-refractivity contribution < 1.29 is 18.9 Å². The van der Waals surface area contributed by atoms with Gasteiger partial charge in [-0.2, -0.15) is 0 Å². The largest absolute Gasteiger partial charge is 0.337 e. The van der Waals surface area contributed by atoms with Crippen molar-refractivity contribution in [3.8, 4) is 0 Å². The summed E-state index contributed by atoms with van der Waals surface area (Å²) < 4.78 is 13.4. The molecule has 0 aliphatic carbocycles. The normalized spacial score (nSPS) is 26.6. The van der Waals surface area contributed by atoms with Crippen LogP contribution in [0.15, 0.2) is 24.3 Å². The van der Waals surface area contributed by atoms with E-state index < -0.39 is 0 Å². The molecule has 0 unspecified atom stereocenters. The minimum Gasteiger partial charge on any atom is -0.337 e. The molecule has 0 spiro atoms. The van der Waals surface area contributed by atoms with Crippen LogP contribution in [-0.4, -0.2) is 62.7 Å². The van der Waals surface area contributed by atoms with Crippen molar-refractivity contribution in [1.82, 2.24) is 10.2 Å². The molecule has 1 aromatic rings. The highest BCUT2D eigenvalue weighted by Crippen LogP contribution is 2.22. The molecule has 2 N–H and O–H groups in total. The second-order valence-electron chi connectivity index (χ2n) is 7.13. The summed E-state index contributed by atoms with van der Waals surface area (Å²) in [6.45, 7) is 2.51. The number of urea groups is 1. The average molecular weight is 349 g/mol. The maximum absolute atomic E-state index is 13.4. The second kappa shape index (κ2) is 7.39. The van der Waals surface area contributed by atoms with E-state index in [2.05, 4.69) is 12.4 Å². The van der Waals surface area contributed by atoms with Gasteiger partial charge in [-0.3, -0.25) is 4.79 Å². The zero-order chi connectivity index (χ0) is 18.0. The third kappa shape index (κ3) is 4.10. The summed E-state index contributed by atoms with van der Waals surface area (Å²) in [6, 6.07) is 5.85. The lowest BCUT2D eigenvalue weighted by molar-refractivity contribution is -0.885. The molecule has 0 radical (unpaired) electrons. The minimum atomic E-state index is -0.373. The Bertz CT molecular complexity index is 646. The van der Waals surface area contributed by atoms with E-state index in [1.54, 1.807) is 17.0 Å². The molecule has 0 saturated carbocycles. The van der Waals surface area contributed by atoms with Gasteiger partial charge in [-0.25, -0.2) is 9.18 Å². The molecular formula is C18H26FN4O2+. The van der Waals surface area contributed by atoms with E-state index in [1.807, 2.05) is 7.05 Å². The van der Waals surface area contributed by atoms with Gasteiger partial charge in [0.05, 0.1) is 26.2 Å². The number of likely N-dealkylation sites (tertiary alicyclic amines) is 1. The van der Waals surface area contributed by atoms with Gasteiger partial charge < -0.3 is 20.0 Å². The average Bonchev–Trinajstić information content (AvgIpc) is 2.95. The molecule has 2 fully saturated rings.